The molecule has 0 radical (unpaired) electrons. The summed E-state index contributed by atoms with van der Waals surface area (Å²) in [4.78, 5) is 4.58. The highest BCUT2D eigenvalue weighted by Crippen LogP contribution is 2.34. The predicted octanol–water partition coefficient (Wildman–Crippen LogP) is 3.54. The molecule has 3 heteroatoms. The molecule has 1 aromatic heterocycles. The Morgan fingerprint density at radius 1 is 1.37 bits per heavy atom. The van der Waals surface area contributed by atoms with Crippen molar-refractivity contribution in [3.05, 3.63) is 30.2 Å². The van der Waals surface area contributed by atoms with Gasteiger partial charge in [-0.25, -0.2) is 4.98 Å². The van der Waals surface area contributed by atoms with Crippen LogP contribution in [-0.4, -0.2) is 17.6 Å². The minimum Gasteiger partial charge on any atom is -0.441 e. The number of nitrogens with zero attached hydrogens (tertiary/aromatic N) is 1. The Labute approximate surface area is 114 Å². The Bertz CT molecular complexity index is 497. The third-order valence-corrected chi connectivity index (χ3v) is 3.76. The summed E-state index contributed by atoms with van der Waals surface area (Å²) in [6.07, 6.45) is 6.15. The van der Waals surface area contributed by atoms with E-state index in [0.717, 1.165) is 35.9 Å². The Morgan fingerprint density at radius 3 is 2.95 bits per heavy atom. The van der Waals surface area contributed by atoms with Gasteiger partial charge in [0.05, 0.1) is 0 Å². The summed E-state index contributed by atoms with van der Waals surface area (Å²) in [5, 5.41) is 3.63. The van der Waals surface area contributed by atoms with Crippen LogP contribution in [0.25, 0.3) is 11.1 Å². The van der Waals surface area contributed by atoms with Crippen molar-refractivity contribution in [1.29, 1.82) is 0 Å². The van der Waals surface area contributed by atoms with Crippen LogP contribution >= 0.6 is 0 Å². The van der Waals surface area contributed by atoms with E-state index in [2.05, 4.69) is 17.2 Å². The quantitative estimate of drug-likeness (QED) is 0.825. The van der Waals surface area contributed by atoms with E-state index in [1.54, 1.807) is 0 Å². The SMILES string of the molecule is CCCNC(Cc1nc2ccccc2o1)CC1CC1. The second kappa shape index (κ2) is 5.74. The number of para-hydroxylation sites is 2. The lowest BCUT2D eigenvalue weighted by Crippen LogP contribution is -2.32. The molecule has 2 aromatic rings. The third-order valence-electron chi connectivity index (χ3n) is 3.76. The number of benzene rings is 1. The number of nitrogens with one attached hydrogen (secondary N) is 1. The molecule has 0 spiro atoms. The van der Waals surface area contributed by atoms with E-state index < -0.39 is 0 Å². The van der Waals surface area contributed by atoms with Gasteiger partial charge in [0.25, 0.3) is 0 Å². The number of rotatable bonds is 7. The van der Waals surface area contributed by atoms with E-state index in [-0.39, 0.29) is 0 Å². The molecular formula is C16H22N2O. The van der Waals surface area contributed by atoms with Gasteiger partial charge in [-0.3, -0.25) is 0 Å². The summed E-state index contributed by atoms with van der Waals surface area (Å²) in [5.74, 6) is 1.80. The summed E-state index contributed by atoms with van der Waals surface area (Å²) in [6.45, 7) is 3.29. The average Bonchev–Trinajstić information content (AvgIpc) is 3.13. The zero-order chi connectivity index (χ0) is 13.1. The minimum atomic E-state index is 0.514. The zero-order valence-electron chi connectivity index (χ0n) is 11.6. The van der Waals surface area contributed by atoms with E-state index in [1.807, 2.05) is 24.3 Å². The Morgan fingerprint density at radius 2 is 2.21 bits per heavy atom. The molecule has 1 saturated carbocycles. The molecule has 0 aliphatic heterocycles. The monoisotopic (exact) mass is 258 g/mol. The van der Waals surface area contributed by atoms with Crippen LogP contribution in [0, 0.1) is 5.92 Å². The van der Waals surface area contributed by atoms with Crippen LogP contribution in [-0.2, 0) is 6.42 Å². The van der Waals surface area contributed by atoms with Crippen molar-refractivity contribution < 1.29 is 4.42 Å². The highest BCUT2D eigenvalue weighted by molar-refractivity contribution is 5.72. The van der Waals surface area contributed by atoms with E-state index in [9.17, 15) is 0 Å². The van der Waals surface area contributed by atoms with Crippen molar-refractivity contribution in [1.82, 2.24) is 10.3 Å². The van der Waals surface area contributed by atoms with E-state index in [1.165, 1.54) is 25.7 Å². The molecule has 1 aromatic carbocycles. The fraction of sp³-hybridized carbons (Fsp3) is 0.562. The van der Waals surface area contributed by atoms with Gasteiger partial charge in [-0.05, 0) is 37.4 Å². The fourth-order valence-corrected chi connectivity index (χ4v) is 2.56. The Hall–Kier alpha value is -1.35. The highest BCUT2D eigenvalue weighted by atomic mass is 16.3. The number of hydrogen-bond acceptors (Lipinski definition) is 3. The summed E-state index contributed by atoms with van der Waals surface area (Å²) in [6, 6.07) is 8.51. The first-order valence-electron chi connectivity index (χ1n) is 7.43. The second-order valence-electron chi connectivity index (χ2n) is 5.61. The molecule has 1 aliphatic carbocycles. The molecule has 1 unspecified atom stereocenters. The molecule has 0 saturated heterocycles. The van der Waals surface area contributed by atoms with Crippen LogP contribution < -0.4 is 5.32 Å². The molecule has 0 bridgehead atoms. The third kappa shape index (κ3) is 3.35. The highest BCUT2D eigenvalue weighted by Gasteiger charge is 2.26. The molecule has 1 aliphatic rings. The molecule has 1 heterocycles. The molecule has 3 rings (SSSR count). The van der Waals surface area contributed by atoms with Crippen LogP contribution in [0.1, 0.15) is 38.5 Å². The fourth-order valence-electron chi connectivity index (χ4n) is 2.56. The van der Waals surface area contributed by atoms with Crippen molar-refractivity contribution in [2.24, 2.45) is 5.92 Å². The van der Waals surface area contributed by atoms with E-state index in [4.69, 9.17) is 4.42 Å². The molecular weight excluding hydrogens is 236 g/mol. The lowest BCUT2D eigenvalue weighted by Gasteiger charge is -2.16. The topological polar surface area (TPSA) is 38.1 Å². The van der Waals surface area contributed by atoms with Crippen molar-refractivity contribution >= 4 is 11.1 Å². The standard InChI is InChI=1S/C16H22N2O/c1-2-9-17-13(10-12-7-8-12)11-16-18-14-5-3-4-6-15(14)19-16/h3-6,12-13,17H,2,7-11H2,1H3. The number of aromatic nitrogens is 1. The van der Waals surface area contributed by atoms with Gasteiger partial charge in [0.15, 0.2) is 11.5 Å². The van der Waals surface area contributed by atoms with Crippen molar-refractivity contribution in [3.63, 3.8) is 0 Å². The van der Waals surface area contributed by atoms with Gasteiger partial charge in [-0.1, -0.05) is 31.9 Å². The van der Waals surface area contributed by atoms with Gasteiger partial charge in [0.2, 0.25) is 0 Å². The van der Waals surface area contributed by atoms with Gasteiger partial charge in [0.1, 0.15) is 5.52 Å². The van der Waals surface area contributed by atoms with Gasteiger partial charge in [0, 0.05) is 12.5 Å². The lowest BCUT2D eigenvalue weighted by molar-refractivity contribution is 0.411. The van der Waals surface area contributed by atoms with Gasteiger partial charge >= 0.3 is 0 Å². The van der Waals surface area contributed by atoms with E-state index in [0.29, 0.717) is 6.04 Å². The number of fused-ring (bicyclic) bond motifs is 1. The smallest absolute Gasteiger partial charge is 0.197 e. The van der Waals surface area contributed by atoms with Crippen LogP contribution in [0.15, 0.2) is 28.7 Å². The van der Waals surface area contributed by atoms with Crippen molar-refractivity contribution in [3.8, 4) is 0 Å². The molecule has 1 atom stereocenters. The van der Waals surface area contributed by atoms with Crippen LogP contribution in [0.4, 0.5) is 0 Å². The molecule has 1 fully saturated rings. The Balaban J connectivity index is 1.68. The van der Waals surface area contributed by atoms with Crippen molar-refractivity contribution in [2.75, 3.05) is 6.54 Å². The van der Waals surface area contributed by atoms with Crippen LogP contribution in [0.5, 0.6) is 0 Å². The molecule has 3 nitrogen and oxygen atoms in total. The molecule has 102 valence electrons. The average molecular weight is 258 g/mol. The summed E-state index contributed by atoms with van der Waals surface area (Å²) < 4.78 is 5.83. The summed E-state index contributed by atoms with van der Waals surface area (Å²) in [5.41, 5.74) is 1.87. The minimum absolute atomic E-state index is 0.514. The normalized spacial score (nSPS) is 16.9. The second-order valence-corrected chi connectivity index (χ2v) is 5.61. The summed E-state index contributed by atoms with van der Waals surface area (Å²) >= 11 is 0. The summed E-state index contributed by atoms with van der Waals surface area (Å²) in [7, 11) is 0. The van der Waals surface area contributed by atoms with Gasteiger partial charge < -0.3 is 9.73 Å². The largest absolute Gasteiger partial charge is 0.441 e. The first kappa shape index (κ1) is 12.7. The maximum absolute atomic E-state index is 5.83. The number of oxazole rings is 1. The number of hydrogen-bond donors (Lipinski definition) is 1. The predicted molar refractivity (Wildman–Crippen MR) is 77.1 cm³/mol. The zero-order valence-corrected chi connectivity index (χ0v) is 11.6. The van der Waals surface area contributed by atoms with Crippen LogP contribution in [0.3, 0.4) is 0 Å². The first-order chi connectivity index (χ1) is 9.35. The molecule has 1 N–H and O–H groups in total. The maximum atomic E-state index is 5.83. The molecule has 19 heavy (non-hydrogen) atoms. The van der Waals surface area contributed by atoms with Crippen molar-refractivity contribution in [2.45, 2.75) is 45.1 Å². The lowest BCUT2D eigenvalue weighted by atomic mass is 10.1. The van der Waals surface area contributed by atoms with Gasteiger partial charge in [-0.2, -0.15) is 0 Å². The first-order valence-corrected chi connectivity index (χ1v) is 7.43. The Kier molecular flexibility index (Phi) is 3.83. The molecule has 0 amide bonds. The maximum Gasteiger partial charge on any atom is 0.197 e. The van der Waals surface area contributed by atoms with E-state index >= 15 is 0 Å². The van der Waals surface area contributed by atoms with Gasteiger partial charge in [-0.15, -0.1) is 0 Å². The van der Waals surface area contributed by atoms with Crippen LogP contribution in [0.2, 0.25) is 0 Å².